The van der Waals surface area contributed by atoms with Crippen LogP contribution in [-0.4, -0.2) is 33.8 Å². The first kappa shape index (κ1) is 20.3. The van der Waals surface area contributed by atoms with Crippen molar-refractivity contribution in [1.29, 1.82) is 0 Å². The fraction of sp³-hybridized carbons (Fsp3) is 0.556. The van der Waals surface area contributed by atoms with E-state index >= 15 is 0 Å². The van der Waals surface area contributed by atoms with Crippen molar-refractivity contribution in [3.8, 4) is 0 Å². The first-order valence-corrected chi connectivity index (χ1v) is 10.8. The van der Waals surface area contributed by atoms with Gasteiger partial charge in [0.1, 0.15) is 8.68 Å². The Balaban J connectivity index is 2.74. The Morgan fingerprint density at radius 1 is 1.22 bits per heavy atom. The second-order valence-corrected chi connectivity index (χ2v) is 9.06. The fourth-order valence-electron chi connectivity index (χ4n) is 2.36. The molecule has 1 unspecified atom stereocenters. The predicted octanol–water partition coefficient (Wildman–Crippen LogP) is 4.00. The molecule has 0 aliphatic rings. The third kappa shape index (κ3) is 6.71. The summed E-state index contributed by atoms with van der Waals surface area (Å²) in [6.07, 6.45) is 11.5. The predicted molar refractivity (Wildman–Crippen MR) is 102 cm³/mol. The van der Waals surface area contributed by atoms with Crippen LogP contribution in [0, 0.1) is 0 Å². The van der Waals surface area contributed by atoms with Crippen molar-refractivity contribution in [2.75, 3.05) is 20.2 Å². The van der Waals surface area contributed by atoms with Gasteiger partial charge in [-0.25, -0.2) is 8.51 Å². The lowest BCUT2D eigenvalue weighted by Gasteiger charge is -2.20. The standard InChI is InChI=1S/C18H29NO2S2/c1-3-4-5-6-7-8-9-12-17-13-10-11-14-18(17)23(21,22)19(2)15-16-20/h9-14,20H,3-8,15-16H2,1-2H3. The maximum Gasteiger partial charge on any atom is 0.121 e. The Morgan fingerprint density at radius 3 is 2.61 bits per heavy atom. The van der Waals surface area contributed by atoms with Gasteiger partial charge in [0.15, 0.2) is 0 Å². The zero-order valence-electron chi connectivity index (χ0n) is 14.2. The largest absolute Gasteiger partial charge is 0.395 e. The number of hydrogen-bond acceptors (Lipinski definition) is 3. The van der Waals surface area contributed by atoms with Crippen molar-refractivity contribution in [2.24, 2.45) is 0 Å². The number of aliphatic hydroxyl groups excluding tert-OH is 1. The van der Waals surface area contributed by atoms with E-state index in [2.05, 4.69) is 13.0 Å². The normalized spacial score (nSPS) is 14.4. The topological polar surface area (TPSA) is 40.5 Å². The van der Waals surface area contributed by atoms with Crippen LogP contribution >= 0.6 is 0 Å². The summed E-state index contributed by atoms with van der Waals surface area (Å²) in [7, 11) is -1.04. The van der Waals surface area contributed by atoms with E-state index in [0.29, 0.717) is 11.4 Å². The molecule has 0 amide bonds. The Bertz CT molecular complexity index is 582. The average Bonchev–Trinajstić information content (AvgIpc) is 2.54. The number of allylic oxidation sites excluding steroid dienone is 1. The average molecular weight is 356 g/mol. The second-order valence-electron chi connectivity index (χ2n) is 5.69. The fourth-order valence-corrected chi connectivity index (χ4v) is 4.38. The van der Waals surface area contributed by atoms with Crippen LogP contribution in [0.5, 0.6) is 0 Å². The number of unbranched alkanes of at least 4 members (excludes halogenated alkanes) is 5. The number of nitrogens with zero attached hydrogens (tertiary/aromatic N) is 1. The van der Waals surface area contributed by atoms with Gasteiger partial charge in [-0.2, -0.15) is 0 Å². The highest BCUT2D eigenvalue weighted by atomic mass is 32.8. The van der Waals surface area contributed by atoms with Crippen molar-refractivity contribution >= 4 is 25.9 Å². The molecule has 0 bridgehead atoms. The van der Waals surface area contributed by atoms with Gasteiger partial charge in [-0.05, 0) is 24.5 Å². The van der Waals surface area contributed by atoms with E-state index in [4.69, 9.17) is 16.3 Å². The molecule has 5 heteroatoms. The van der Waals surface area contributed by atoms with Crippen LogP contribution in [0.1, 0.15) is 51.0 Å². The van der Waals surface area contributed by atoms with Crippen LogP contribution in [0.15, 0.2) is 35.2 Å². The van der Waals surface area contributed by atoms with Gasteiger partial charge in [0.2, 0.25) is 0 Å². The van der Waals surface area contributed by atoms with E-state index in [1.165, 1.54) is 32.1 Å². The Morgan fingerprint density at radius 2 is 1.91 bits per heavy atom. The SMILES string of the molecule is CCCCCCCC=Cc1ccccc1S(=O)(=S)N(C)CCO. The third-order valence-corrected chi connectivity index (χ3v) is 7.03. The Kier molecular flexibility index (Phi) is 9.63. The minimum absolute atomic E-state index is 0.0557. The Hall–Kier alpha value is -0.750. The van der Waals surface area contributed by atoms with Crippen molar-refractivity contribution in [3.63, 3.8) is 0 Å². The lowest BCUT2D eigenvalue weighted by atomic mass is 10.1. The van der Waals surface area contributed by atoms with Gasteiger partial charge in [0, 0.05) is 24.8 Å². The van der Waals surface area contributed by atoms with Gasteiger partial charge in [-0.3, -0.25) is 0 Å². The van der Waals surface area contributed by atoms with E-state index < -0.39 is 8.68 Å². The smallest absolute Gasteiger partial charge is 0.121 e. The summed E-state index contributed by atoms with van der Waals surface area (Å²) in [5, 5.41) is 9.05. The first-order valence-electron chi connectivity index (χ1n) is 8.36. The molecule has 0 fully saturated rings. The lowest BCUT2D eigenvalue weighted by Crippen LogP contribution is -2.29. The van der Waals surface area contributed by atoms with Gasteiger partial charge < -0.3 is 5.11 Å². The number of benzene rings is 1. The molecule has 0 saturated carbocycles. The molecule has 0 heterocycles. The number of rotatable bonds is 11. The van der Waals surface area contributed by atoms with E-state index in [1.807, 2.05) is 30.3 Å². The molecule has 1 atom stereocenters. The molecule has 0 spiro atoms. The lowest BCUT2D eigenvalue weighted by molar-refractivity contribution is 0.270. The van der Waals surface area contributed by atoms with Crippen LogP contribution in [0.25, 0.3) is 6.08 Å². The minimum Gasteiger partial charge on any atom is -0.395 e. The molecular formula is C18H29NO2S2. The molecular weight excluding hydrogens is 326 g/mol. The molecule has 1 N–H and O–H groups in total. The quantitative estimate of drug-likeness (QED) is 0.610. The number of likely N-dealkylation sites (N-methyl/N-ethyl adjacent to an activating group) is 1. The second kappa shape index (κ2) is 10.9. The summed E-state index contributed by atoms with van der Waals surface area (Å²) < 4.78 is 14.5. The number of aliphatic hydroxyl groups is 1. The maximum atomic E-state index is 12.9. The molecule has 0 aliphatic heterocycles. The molecule has 1 aromatic rings. The third-order valence-electron chi connectivity index (χ3n) is 3.79. The van der Waals surface area contributed by atoms with Crippen molar-refractivity contribution in [3.05, 3.63) is 35.9 Å². The van der Waals surface area contributed by atoms with Crippen molar-refractivity contribution in [1.82, 2.24) is 4.31 Å². The summed E-state index contributed by atoms with van der Waals surface area (Å²) in [6, 6.07) is 7.56. The summed E-state index contributed by atoms with van der Waals surface area (Å²) in [4.78, 5) is 0.660. The highest BCUT2D eigenvalue weighted by Crippen LogP contribution is 2.21. The molecule has 0 aliphatic carbocycles. The van der Waals surface area contributed by atoms with Gasteiger partial charge in [-0.1, -0.05) is 63.0 Å². The van der Waals surface area contributed by atoms with E-state index in [1.54, 1.807) is 11.4 Å². The molecule has 1 aromatic carbocycles. The molecule has 0 aromatic heterocycles. The maximum absolute atomic E-state index is 12.9. The van der Waals surface area contributed by atoms with Gasteiger partial charge >= 0.3 is 0 Å². The highest BCUT2D eigenvalue weighted by molar-refractivity contribution is 8.31. The van der Waals surface area contributed by atoms with E-state index in [9.17, 15) is 4.21 Å². The zero-order valence-corrected chi connectivity index (χ0v) is 15.9. The van der Waals surface area contributed by atoms with Crippen LogP contribution in [0.3, 0.4) is 0 Å². The van der Waals surface area contributed by atoms with Crippen LogP contribution in [-0.2, 0) is 19.9 Å². The summed E-state index contributed by atoms with van der Waals surface area (Å²) in [6.45, 7) is 2.47. The highest BCUT2D eigenvalue weighted by Gasteiger charge is 2.18. The minimum atomic E-state index is -2.73. The molecule has 130 valence electrons. The van der Waals surface area contributed by atoms with Crippen molar-refractivity contribution < 1.29 is 9.32 Å². The van der Waals surface area contributed by atoms with Crippen LogP contribution < -0.4 is 0 Å². The molecule has 3 nitrogen and oxygen atoms in total. The molecule has 0 radical (unpaired) electrons. The molecule has 1 rings (SSSR count). The van der Waals surface area contributed by atoms with E-state index in [-0.39, 0.29) is 6.61 Å². The van der Waals surface area contributed by atoms with Gasteiger partial charge in [0.25, 0.3) is 0 Å². The monoisotopic (exact) mass is 355 g/mol. The molecule has 23 heavy (non-hydrogen) atoms. The van der Waals surface area contributed by atoms with Gasteiger partial charge in [-0.15, -0.1) is 0 Å². The van der Waals surface area contributed by atoms with E-state index in [0.717, 1.165) is 12.0 Å². The van der Waals surface area contributed by atoms with Crippen LogP contribution in [0.2, 0.25) is 0 Å². The summed E-state index contributed by atoms with van der Waals surface area (Å²) in [5.74, 6) is 0. The Labute approximate surface area is 146 Å². The molecule has 0 saturated heterocycles. The first-order chi connectivity index (χ1) is 11.0. The summed E-state index contributed by atoms with van der Waals surface area (Å²) >= 11 is 5.34. The van der Waals surface area contributed by atoms with Crippen molar-refractivity contribution in [2.45, 2.75) is 50.3 Å². The summed E-state index contributed by atoms with van der Waals surface area (Å²) in [5.41, 5.74) is 0.908. The zero-order chi connectivity index (χ0) is 17.1. The van der Waals surface area contributed by atoms with Crippen LogP contribution in [0.4, 0.5) is 0 Å². The van der Waals surface area contributed by atoms with Gasteiger partial charge in [0.05, 0.1) is 11.5 Å². The number of hydrogen-bond donors (Lipinski definition) is 1.